The fraction of sp³-hybridized carbons (Fsp3) is 0.111. The van der Waals surface area contributed by atoms with Crippen molar-refractivity contribution < 1.29 is 9.59 Å². The van der Waals surface area contributed by atoms with Crippen molar-refractivity contribution in [3.8, 4) is 0 Å². The second-order valence-corrected chi connectivity index (χ2v) is 9.18. The normalized spacial score (nSPS) is 17.3. The third kappa shape index (κ3) is 4.56. The molecule has 1 heterocycles. The van der Waals surface area contributed by atoms with E-state index in [0.29, 0.717) is 5.17 Å². The number of carbonyl (C=O) groups excluding carboxylic acids is 2. The minimum atomic E-state index is -0.554. The van der Waals surface area contributed by atoms with Gasteiger partial charge < -0.3 is 10.6 Å². The van der Waals surface area contributed by atoms with Crippen LogP contribution >= 0.6 is 11.8 Å². The lowest BCUT2D eigenvalue weighted by atomic mass is 10.0. The first-order valence-corrected chi connectivity index (χ1v) is 11.8. The first-order chi connectivity index (χ1) is 16.6. The van der Waals surface area contributed by atoms with E-state index in [0.717, 1.165) is 38.5 Å². The van der Waals surface area contributed by atoms with Crippen molar-refractivity contribution in [3.05, 3.63) is 90.5 Å². The van der Waals surface area contributed by atoms with Gasteiger partial charge in [-0.05, 0) is 29.1 Å². The molecule has 0 saturated carbocycles. The highest BCUT2D eigenvalue weighted by molar-refractivity contribution is 8.15. The number of nitrogens with zero attached hydrogens (tertiary/aromatic N) is 2. The summed E-state index contributed by atoms with van der Waals surface area (Å²) < 4.78 is 0. The lowest BCUT2D eigenvalue weighted by Crippen LogP contribution is -2.28. The molecule has 4 aromatic carbocycles. The van der Waals surface area contributed by atoms with Gasteiger partial charge in [0.15, 0.2) is 5.17 Å². The molecule has 1 saturated heterocycles. The predicted molar refractivity (Wildman–Crippen MR) is 140 cm³/mol. The standard InChI is InChI=1S/C27H22N4O2S/c1-17(20-14-6-10-18-8-2-4-12-21(18)20)30-31-27-29-26(33)24(34-27)16-25(32)28-23-15-7-11-19-9-3-5-13-22(19)23/h2-15,24H,16H2,1H3,(H,28,32)(H,29,31,33)/b30-17+. The molecule has 5 rings (SSSR count). The zero-order valence-electron chi connectivity index (χ0n) is 18.5. The van der Waals surface area contributed by atoms with Gasteiger partial charge in [-0.3, -0.25) is 9.59 Å². The van der Waals surface area contributed by atoms with E-state index in [1.165, 1.54) is 11.8 Å². The van der Waals surface area contributed by atoms with Crippen molar-refractivity contribution in [1.82, 2.24) is 5.32 Å². The lowest BCUT2D eigenvalue weighted by Gasteiger charge is -2.10. The molecule has 1 atom stereocenters. The van der Waals surface area contributed by atoms with Crippen LogP contribution in [-0.2, 0) is 9.59 Å². The Bertz CT molecular complexity index is 1470. The summed E-state index contributed by atoms with van der Waals surface area (Å²) in [5, 5.41) is 18.3. The Balaban J connectivity index is 1.27. The SMILES string of the molecule is C/C(=N\N=C1\NC(=O)C(CC(=O)Nc2cccc3ccccc23)S1)c1cccc2ccccc12. The lowest BCUT2D eigenvalue weighted by molar-refractivity contribution is -0.122. The highest BCUT2D eigenvalue weighted by atomic mass is 32.2. The number of amides is 2. The van der Waals surface area contributed by atoms with Crippen LogP contribution in [0.25, 0.3) is 21.5 Å². The Morgan fingerprint density at radius 2 is 1.56 bits per heavy atom. The van der Waals surface area contributed by atoms with E-state index in [1.54, 1.807) is 0 Å². The second-order valence-electron chi connectivity index (χ2n) is 7.99. The summed E-state index contributed by atoms with van der Waals surface area (Å²) in [4.78, 5) is 25.1. The van der Waals surface area contributed by atoms with Crippen molar-refractivity contribution >= 4 is 61.7 Å². The van der Waals surface area contributed by atoms with Crippen LogP contribution < -0.4 is 10.6 Å². The summed E-state index contributed by atoms with van der Waals surface area (Å²) in [5.41, 5.74) is 2.47. The average molecular weight is 467 g/mol. The fourth-order valence-corrected chi connectivity index (χ4v) is 4.92. The molecular weight excluding hydrogens is 444 g/mol. The van der Waals surface area contributed by atoms with Crippen LogP contribution in [0.2, 0.25) is 0 Å². The molecule has 6 nitrogen and oxygen atoms in total. The molecule has 1 fully saturated rings. The first kappa shape index (κ1) is 21.9. The monoisotopic (exact) mass is 466 g/mol. The van der Waals surface area contributed by atoms with Gasteiger partial charge in [-0.2, -0.15) is 5.10 Å². The van der Waals surface area contributed by atoms with Crippen molar-refractivity contribution in [1.29, 1.82) is 0 Å². The number of rotatable bonds is 5. The number of carbonyl (C=O) groups is 2. The quantitative estimate of drug-likeness (QED) is 0.308. The third-order valence-electron chi connectivity index (χ3n) is 5.68. The zero-order valence-corrected chi connectivity index (χ0v) is 19.3. The first-order valence-electron chi connectivity index (χ1n) is 10.9. The molecule has 1 unspecified atom stereocenters. The third-order valence-corrected chi connectivity index (χ3v) is 6.75. The Morgan fingerprint density at radius 3 is 2.35 bits per heavy atom. The summed E-state index contributed by atoms with van der Waals surface area (Å²) in [6.45, 7) is 1.89. The summed E-state index contributed by atoms with van der Waals surface area (Å²) in [7, 11) is 0. The van der Waals surface area contributed by atoms with Crippen molar-refractivity contribution in [2.45, 2.75) is 18.6 Å². The van der Waals surface area contributed by atoms with Crippen LogP contribution in [0.15, 0.2) is 95.1 Å². The maximum atomic E-state index is 12.7. The average Bonchev–Trinajstić information content (AvgIpc) is 3.21. The van der Waals surface area contributed by atoms with Crippen LogP contribution in [0.4, 0.5) is 5.69 Å². The molecule has 1 aliphatic heterocycles. The molecule has 0 bridgehead atoms. The summed E-state index contributed by atoms with van der Waals surface area (Å²) in [6, 6.07) is 27.7. The number of benzene rings is 4. The molecule has 1 aliphatic rings. The molecule has 2 amide bonds. The number of anilines is 1. The van der Waals surface area contributed by atoms with Crippen LogP contribution in [-0.4, -0.2) is 27.9 Å². The van der Waals surface area contributed by atoms with Crippen molar-refractivity contribution in [3.63, 3.8) is 0 Å². The van der Waals surface area contributed by atoms with Crippen LogP contribution in [0.3, 0.4) is 0 Å². The van der Waals surface area contributed by atoms with Crippen molar-refractivity contribution in [2.24, 2.45) is 10.2 Å². The number of hydrogen-bond acceptors (Lipinski definition) is 5. The Hall–Kier alpha value is -3.97. The Kier molecular flexibility index (Phi) is 6.10. The molecule has 0 aliphatic carbocycles. The molecular formula is C27H22N4O2S. The minimum absolute atomic E-state index is 0.0464. The molecule has 7 heteroatoms. The van der Waals surface area contributed by atoms with E-state index >= 15 is 0 Å². The Labute approximate surface area is 201 Å². The minimum Gasteiger partial charge on any atom is -0.325 e. The van der Waals surface area contributed by atoms with Gasteiger partial charge >= 0.3 is 0 Å². The van der Waals surface area contributed by atoms with Gasteiger partial charge in [-0.15, -0.1) is 5.10 Å². The van der Waals surface area contributed by atoms with Gasteiger partial charge in [0.25, 0.3) is 0 Å². The van der Waals surface area contributed by atoms with Gasteiger partial charge in [0, 0.05) is 23.1 Å². The maximum Gasteiger partial charge on any atom is 0.240 e. The number of hydrogen-bond donors (Lipinski definition) is 2. The van der Waals surface area contributed by atoms with Gasteiger partial charge in [0.2, 0.25) is 11.8 Å². The van der Waals surface area contributed by atoms with Crippen LogP contribution in [0, 0.1) is 0 Å². The van der Waals surface area contributed by atoms with Gasteiger partial charge in [0.05, 0.1) is 5.71 Å². The number of nitrogens with one attached hydrogen (secondary N) is 2. The summed E-state index contributed by atoms with van der Waals surface area (Å²) in [6.07, 6.45) is 0.0464. The van der Waals surface area contributed by atoms with Crippen LogP contribution in [0.1, 0.15) is 18.9 Å². The summed E-state index contributed by atoms with van der Waals surface area (Å²) in [5.74, 6) is -0.462. The van der Waals surface area contributed by atoms with E-state index in [-0.39, 0.29) is 18.2 Å². The highest BCUT2D eigenvalue weighted by Crippen LogP contribution is 2.26. The zero-order chi connectivity index (χ0) is 23.5. The topological polar surface area (TPSA) is 82.9 Å². The van der Waals surface area contributed by atoms with Crippen LogP contribution in [0.5, 0.6) is 0 Å². The van der Waals surface area contributed by atoms with Gasteiger partial charge in [0.1, 0.15) is 5.25 Å². The predicted octanol–water partition coefficient (Wildman–Crippen LogP) is 5.33. The number of fused-ring (bicyclic) bond motifs is 2. The smallest absolute Gasteiger partial charge is 0.240 e. The largest absolute Gasteiger partial charge is 0.325 e. The van der Waals surface area contributed by atoms with E-state index < -0.39 is 5.25 Å². The highest BCUT2D eigenvalue weighted by Gasteiger charge is 2.32. The Morgan fingerprint density at radius 1 is 0.912 bits per heavy atom. The van der Waals surface area contributed by atoms with E-state index in [1.807, 2.05) is 79.7 Å². The molecule has 34 heavy (non-hydrogen) atoms. The second kappa shape index (κ2) is 9.49. The van der Waals surface area contributed by atoms with E-state index in [2.05, 4.69) is 33.0 Å². The number of thioether (sulfide) groups is 1. The van der Waals surface area contributed by atoms with E-state index in [9.17, 15) is 9.59 Å². The van der Waals surface area contributed by atoms with E-state index in [4.69, 9.17) is 0 Å². The molecule has 0 spiro atoms. The summed E-state index contributed by atoms with van der Waals surface area (Å²) >= 11 is 1.22. The van der Waals surface area contributed by atoms with Crippen molar-refractivity contribution in [2.75, 3.05) is 5.32 Å². The molecule has 168 valence electrons. The molecule has 2 N–H and O–H groups in total. The van der Waals surface area contributed by atoms with Gasteiger partial charge in [-0.25, -0.2) is 0 Å². The van der Waals surface area contributed by atoms with Gasteiger partial charge in [-0.1, -0.05) is 90.6 Å². The number of amidine groups is 1. The molecule has 0 aromatic heterocycles. The molecule has 4 aromatic rings. The molecule has 0 radical (unpaired) electrons. The maximum absolute atomic E-state index is 12.7. The fourth-order valence-electron chi connectivity index (χ4n) is 4.01.